The molecule has 0 saturated heterocycles. The first kappa shape index (κ1) is 37.2. The molecule has 0 aliphatic heterocycles. The van der Waals surface area contributed by atoms with E-state index in [2.05, 4.69) is 29.6 Å². The van der Waals surface area contributed by atoms with Crippen molar-refractivity contribution >= 4 is 0 Å². The average Bonchev–Trinajstić information content (AvgIpc) is 3.39. The quantitative estimate of drug-likeness (QED) is 0.0892. The highest BCUT2D eigenvalue weighted by molar-refractivity contribution is 4.93. The van der Waals surface area contributed by atoms with Crippen molar-refractivity contribution in [1.82, 2.24) is 9.55 Å². The van der Waals surface area contributed by atoms with E-state index in [1.54, 1.807) is 0 Å². The summed E-state index contributed by atoms with van der Waals surface area (Å²) in [6.07, 6.45) is 46.0. The first-order chi connectivity index (χ1) is 19.8. The van der Waals surface area contributed by atoms with Gasteiger partial charge in [-0.05, 0) is 12.8 Å². The molecule has 1 atom stereocenters. The van der Waals surface area contributed by atoms with E-state index in [1.807, 2.05) is 6.20 Å². The van der Waals surface area contributed by atoms with Gasteiger partial charge in [-0.1, -0.05) is 187 Å². The van der Waals surface area contributed by atoms with Crippen molar-refractivity contribution < 1.29 is 0 Å². The number of aromatic nitrogens is 2. The number of hydrogen-bond donors (Lipinski definition) is 1. The van der Waals surface area contributed by atoms with Crippen molar-refractivity contribution in [3.8, 4) is 0 Å². The van der Waals surface area contributed by atoms with Crippen LogP contribution in [0.15, 0.2) is 12.4 Å². The van der Waals surface area contributed by atoms with Gasteiger partial charge in [0.2, 0.25) is 0 Å². The van der Waals surface area contributed by atoms with Crippen LogP contribution in [0.4, 0.5) is 0 Å². The molecule has 236 valence electrons. The fourth-order valence-electron chi connectivity index (χ4n) is 6.16. The van der Waals surface area contributed by atoms with Crippen molar-refractivity contribution in [3.63, 3.8) is 0 Å². The van der Waals surface area contributed by atoms with E-state index < -0.39 is 0 Å². The molecule has 0 fully saturated rings. The summed E-state index contributed by atoms with van der Waals surface area (Å²) < 4.78 is 2.33. The highest BCUT2D eigenvalue weighted by Gasteiger charge is 2.08. The summed E-state index contributed by atoms with van der Waals surface area (Å²) in [5.41, 5.74) is 6.51. The predicted molar refractivity (Wildman–Crippen MR) is 179 cm³/mol. The molecule has 2 N–H and O–H groups in total. The van der Waals surface area contributed by atoms with Crippen LogP contribution in [-0.2, 0) is 13.0 Å². The Morgan fingerprint density at radius 3 is 1.27 bits per heavy atom. The minimum absolute atomic E-state index is 0.265. The Labute approximate surface area is 252 Å². The molecule has 0 aliphatic carbocycles. The zero-order valence-corrected chi connectivity index (χ0v) is 27.6. The van der Waals surface area contributed by atoms with Gasteiger partial charge in [-0.25, -0.2) is 4.98 Å². The van der Waals surface area contributed by atoms with Gasteiger partial charge in [0.25, 0.3) is 0 Å². The molecule has 0 saturated carbocycles. The molecular formula is C37H73N3. The zero-order chi connectivity index (χ0) is 28.8. The Morgan fingerprint density at radius 1 is 0.525 bits per heavy atom. The minimum Gasteiger partial charge on any atom is -0.333 e. The van der Waals surface area contributed by atoms with Crippen LogP contribution in [0, 0.1) is 0 Å². The molecule has 3 heteroatoms. The maximum atomic E-state index is 6.51. The van der Waals surface area contributed by atoms with Crippen molar-refractivity contribution in [1.29, 1.82) is 0 Å². The third-order valence-corrected chi connectivity index (χ3v) is 8.92. The van der Waals surface area contributed by atoms with Gasteiger partial charge in [0.05, 0.1) is 0 Å². The Bertz CT molecular complexity index is 610. The molecule has 0 aliphatic rings. The summed E-state index contributed by atoms with van der Waals surface area (Å²) in [5.74, 6) is 1.25. The molecule has 1 unspecified atom stereocenters. The SMILES string of the molecule is CCCCCCCCCCCCCCCCc1nccn1CC(N)CCCCCCCCCCCCCCCC. The monoisotopic (exact) mass is 560 g/mol. The topological polar surface area (TPSA) is 43.8 Å². The van der Waals surface area contributed by atoms with Gasteiger partial charge in [-0.15, -0.1) is 0 Å². The molecule has 1 heterocycles. The molecule has 0 radical (unpaired) electrons. The summed E-state index contributed by atoms with van der Waals surface area (Å²) in [4.78, 5) is 4.65. The summed E-state index contributed by atoms with van der Waals surface area (Å²) in [7, 11) is 0. The summed E-state index contributed by atoms with van der Waals surface area (Å²) in [6.45, 7) is 5.53. The Morgan fingerprint density at radius 2 is 0.875 bits per heavy atom. The number of rotatable bonds is 32. The van der Waals surface area contributed by atoms with Crippen molar-refractivity contribution in [3.05, 3.63) is 18.2 Å². The predicted octanol–water partition coefficient (Wildman–Crippen LogP) is 12.1. The first-order valence-corrected chi connectivity index (χ1v) is 18.5. The second-order valence-electron chi connectivity index (χ2n) is 13.0. The van der Waals surface area contributed by atoms with Crippen molar-refractivity contribution in [2.75, 3.05) is 0 Å². The third kappa shape index (κ3) is 23.8. The van der Waals surface area contributed by atoms with E-state index in [0.29, 0.717) is 0 Å². The number of imidazole rings is 1. The Kier molecular flexibility index (Phi) is 27.6. The van der Waals surface area contributed by atoms with E-state index in [-0.39, 0.29) is 6.04 Å². The fourth-order valence-corrected chi connectivity index (χ4v) is 6.16. The Balaban J connectivity index is 1.90. The van der Waals surface area contributed by atoms with Gasteiger partial charge in [0, 0.05) is 31.4 Å². The molecule has 0 bridgehead atoms. The van der Waals surface area contributed by atoms with E-state index in [0.717, 1.165) is 19.4 Å². The molecule has 1 rings (SSSR count). The van der Waals surface area contributed by atoms with Crippen LogP contribution in [0.3, 0.4) is 0 Å². The lowest BCUT2D eigenvalue weighted by Gasteiger charge is -2.14. The maximum absolute atomic E-state index is 6.51. The second-order valence-corrected chi connectivity index (χ2v) is 13.0. The number of nitrogens with two attached hydrogens (primary N) is 1. The van der Waals surface area contributed by atoms with Gasteiger partial charge in [0.15, 0.2) is 0 Å². The number of aryl methyl sites for hydroxylation is 1. The third-order valence-electron chi connectivity index (χ3n) is 8.92. The average molecular weight is 560 g/mol. The molecule has 1 aromatic rings. The van der Waals surface area contributed by atoms with Crippen LogP contribution in [0.2, 0.25) is 0 Å². The standard InChI is InChI=1S/C37H73N3/c1-3-5-7-9-11-13-15-17-19-21-23-25-27-29-31-36(38)35-40-34-33-39-37(40)32-30-28-26-24-22-20-18-16-14-12-10-8-6-4-2/h33-34,36H,3-32,35,38H2,1-2H3. The summed E-state index contributed by atoms with van der Waals surface area (Å²) in [5, 5.41) is 0. The normalized spacial score (nSPS) is 12.4. The van der Waals surface area contributed by atoms with E-state index >= 15 is 0 Å². The summed E-state index contributed by atoms with van der Waals surface area (Å²) >= 11 is 0. The van der Waals surface area contributed by atoms with Crippen LogP contribution in [0.1, 0.15) is 206 Å². The molecule has 0 amide bonds. The lowest BCUT2D eigenvalue weighted by atomic mass is 10.0. The summed E-state index contributed by atoms with van der Waals surface area (Å²) in [6, 6.07) is 0.265. The van der Waals surface area contributed by atoms with Crippen LogP contribution < -0.4 is 5.73 Å². The van der Waals surface area contributed by atoms with Crippen LogP contribution in [0.5, 0.6) is 0 Å². The number of hydrogen-bond acceptors (Lipinski definition) is 2. The largest absolute Gasteiger partial charge is 0.333 e. The molecular weight excluding hydrogens is 486 g/mol. The van der Waals surface area contributed by atoms with E-state index in [9.17, 15) is 0 Å². The molecule has 40 heavy (non-hydrogen) atoms. The van der Waals surface area contributed by atoms with Gasteiger partial charge < -0.3 is 10.3 Å². The van der Waals surface area contributed by atoms with Crippen LogP contribution >= 0.6 is 0 Å². The second kappa shape index (κ2) is 29.7. The van der Waals surface area contributed by atoms with Crippen LogP contribution in [0.25, 0.3) is 0 Å². The number of unbranched alkanes of at least 4 members (excludes halogenated alkanes) is 26. The smallest absolute Gasteiger partial charge is 0.108 e. The van der Waals surface area contributed by atoms with Gasteiger partial charge >= 0.3 is 0 Å². The van der Waals surface area contributed by atoms with E-state index in [4.69, 9.17) is 5.73 Å². The molecule has 3 nitrogen and oxygen atoms in total. The number of nitrogens with zero attached hydrogens (tertiary/aromatic N) is 2. The van der Waals surface area contributed by atoms with Gasteiger partial charge in [0.1, 0.15) is 5.82 Å². The van der Waals surface area contributed by atoms with Crippen LogP contribution in [-0.4, -0.2) is 15.6 Å². The van der Waals surface area contributed by atoms with Gasteiger partial charge in [-0.2, -0.15) is 0 Å². The molecule has 0 spiro atoms. The highest BCUT2D eigenvalue weighted by atomic mass is 15.1. The lowest BCUT2D eigenvalue weighted by Crippen LogP contribution is -2.26. The van der Waals surface area contributed by atoms with Gasteiger partial charge in [-0.3, -0.25) is 0 Å². The zero-order valence-electron chi connectivity index (χ0n) is 27.6. The molecule has 0 aromatic carbocycles. The van der Waals surface area contributed by atoms with Crippen molar-refractivity contribution in [2.24, 2.45) is 5.73 Å². The molecule has 1 aromatic heterocycles. The van der Waals surface area contributed by atoms with E-state index in [1.165, 1.54) is 186 Å². The fraction of sp³-hybridized carbons (Fsp3) is 0.919. The maximum Gasteiger partial charge on any atom is 0.108 e. The highest BCUT2D eigenvalue weighted by Crippen LogP contribution is 2.16. The van der Waals surface area contributed by atoms with Crippen molar-refractivity contribution in [2.45, 2.75) is 219 Å². The first-order valence-electron chi connectivity index (χ1n) is 18.5. The Hall–Kier alpha value is -0.830. The minimum atomic E-state index is 0.265. The lowest BCUT2D eigenvalue weighted by molar-refractivity contribution is 0.469.